The normalized spacial score (nSPS) is 12.3. The molecule has 0 saturated carbocycles. The van der Waals surface area contributed by atoms with Crippen LogP contribution in [0.5, 0.6) is 0 Å². The van der Waals surface area contributed by atoms with Crippen LogP contribution in [0.15, 0.2) is 17.3 Å². The Hall–Kier alpha value is -1.65. The molecule has 0 unspecified atom stereocenters. The van der Waals surface area contributed by atoms with Crippen LogP contribution < -0.4 is 5.56 Å². The van der Waals surface area contributed by atoms with E-state index in [-0.39, 0.29) is 11.1 Å². The van der Waals surface area contributed by atoms with Gasteiger partial charge in [0.15, 0.2) is 0 Å². The number of aryl methyl sites for hydroxylation is 1. The molecule has 0 saturated heterocycles. The molecule has 2 aromatic heterocycles. The predicted octanol–water partition coefficient (Wildman–Crippen LogP) is 0.885. The average molecular weight is 206 g/mol. The van der Waals surface area contributed by atoms with Crippen LogP contribution in [0.4, 0.5) is 0 Å². The van der Waals surface area contributed by atoms with Crippen molar-refractivity contribution in [1.29, 1.82) is 0 Å². The Morgan fingerprint density at radius 2 is 2.00 bits per heavy atom. The second-order valence-electron chi connectivity index (χ2n) is 4.62. The third-order valence-electron chi connectivity index (χ3n) is 2.29. The van der Waals surface area contributed by atoms with Crippen molar-refractivity contribution in [3.8, 4) is 0 Å². The van der Waals surface area contributed by atoms with Gasteiger partial charge in [-0.3, -0.25) is 4.79 Å². The van der Waals surface area contributed by atoms with E-state index in [1.165, 1.54) is 4.68 Å². The molecule has 0 spiro atoms. The van der Waals surface area contributed by atoms with Crippen molar-refractivity contribution < 1.29 is 0 Å². The van der Waals surface area contributed by atoms with Crippen molar-refractivity contribution in [1.82, 2.24) is 19.3 Å². The molecule has 0 aliphatic heterocycles. The summed E-state index contributed by atoms with van der Waals surface area (Å²) >= 11 is 0. The van der Waals surface area contributed by atoms with Gasteiger partial charge in [0.2, 0.25) is 0 Å². The van der Waals surface area contributed by atoms with Gasteiger partial charge in [-0.15, -0.1) is 0 Å². The monoisotopic (exact) mass is 206 g/mol. The summed E-state index contributed by atoms with van der Waals surface area (Å²) < 4.78 is 3.21. The van der Waals surface area contributed by atoms with E-state index in [0.717, 1.165) is 0 Å². The van der Waals surface area contributed by atoms with E-state index in [9.17, 15) is 4.79 Å². The van der Waals surface area contributed by atoms with E-state index in [1.807, 2.05) is 27.8 Å². The van der Waals surface area contributed by atoms with Gasteiger partial charge in [-0.25, -0.2) is 9.67 Å². The summed E-state index contributed by atoms with van der Waals surface area (Å²) in [5.74, 6) is 0. The summed E-state index contributed by atoms with van der Waals surface area (Å²) in [5.41, 5.74) is 0.832. The fraction of sp³-hybridized carbons (Fsp3) is 0.500. The molecular weight excluding hydrogens is 192 g/mol. The molecule has 0 N–H and O–H groups in total. The Morgan fingerprint density at radius 3 is 2.60 bits per heavy atom. The van der Waals surface area contributed by atoms with Gasteiger partial charge in [0.1, 0.15) is 11.0 Å². The van der Waals surface area contributed by atoms with E-state index >= 15 is 0 Å². The lowest BCUT2D eigenvalue weighted by Crippen LogP contribution is -2.36. The van der Waals surface area contributed by atoms with Gasteiger partial charge in [0.25, 0.3) is 5.56 Å². The lowest BCUT2D eigenvalue weighted by Gasteiger charge is -2.20. The van der Waals surface area contributed by atoms with Crippen LogP contribution in [0.25, 0.3) is 11.0 Å². The number of hydrogen-bond donors (Lipinski definition) is 0. The van der Waals surface area contributed by atoms with Crippen molar-refractivity contribution in [2.75, 3.05) is 0 Å². The number of fused-ring (bicyclic) bond motifs is 1. The molecule has 2 aromatic rings. The minimum absolute atomic E-state index is 0.0972. The Morgan fingerprint density at radius 1 is 1.33 bits per heavy atom. The second-order valence-corrected chi connectivity index (χ2v) is 4.62. The van der Waals surface area contributed by atoms with Crippen molar-refractivity contribution >= 4 is 11.0 Å². The molecule has 0 aliphatic rings. The molecule has 80 valence electrons. The summed E-state index contributed by atoms with van der Waals surface area (Å²) in [6.07, 6.45) is 3.25. The maximum atomic E-state index is 12.1. The molecule has 0 radical (unpaired) electrons. The third kappa shape index (κ3) is 1.44. The summed E-state index contributed by atoms with van der Waals surface area (Å²) in [6, 6.07) is 0. The fourth-order valence-corrected chi connectivity index (χ4v) is 1.55. The van der Waals surface area contributed by atoms with E-state index in [1.54, 1.807) is 17.1 Å². The van der Waals surface area contributed by atoms with Gasteiger partial charge in [-0.1, -0.05) is 0 Å². The first-order valence-electron chi connectivity index (χ1n) is 4.81. The Bertz CT molecular complexity index is 559. The van der Waals surface area contributed by atoms with Crippen LogP contribution in [0.1, 0.15) is 20.8 Å². The van der Waals surface area contributed by atoms with Crippen LogP contribution in [0, 0.1) is 0 Å². The Kier molecular flexibility index (Phi) is 1.92. The number of nitrogens with zero attached hydrogens (tertiary/aromatic N) is 4. The van der Waals surface area contributed by atoms with E-state index in [2.05, 4.69) is 10.1 Å². The van der Waals surface area contributed by atoms with E-state index in [0.29, 0.717) is 11.0 Å². The predicted molar refractivity (Wildman–Crippen MR) is 57.8 cm³/mol. The first-order valence-corrected chi connectivity index (χ1v) is 4.81. The third-order valence-corrected chi connectivity index (χ3v) is 2.29. The standard InChI is InChI=1S/C10H14N4O/c1-10(2,3)14-9(15)8-7(5-12-14)11-6-13(8)4/h5-6H,1-4H3. The number of aromatic nitrogens is 4. The van der Waals surface area contributed by atoms with Gasteiger partial charge in [-0.05, 0) is 20.8 Å². The highest BCUT2D eigenvalue weighted by Crippen LogP contribution is 2.11. The number of rotatable bonds is 0. The van der Waals surface area contributed by atoms with Crippen LogP contribution in [0.2, 0.25) is 0 Å². The summed E-state index contributed by atoms with van der Waals surface area (Å²) in [7, 11) is 1.81. The first kappa shape index (κ1) is 9.89. The SMILES string of the molecule is Cn1cnc2cnn(C(C)(C)C)c(=O)c21. The van der Waals surface area contributed by atoms with Gasteiger partial charge >= 0.3 is 0 Å². The molecule has 5 nitrogen and oxygen atoms in total. The maximum absolute atomic E-state index is 12.1. The highest BCUT2D eigenvalue weighted by Gasteiger charge is 2.18. The van der Waals surface area contributed by atoms with Crippen LogP contribution in [0.3, 0.4) is 0 Å². The first-order chi connectivity index (χ1) is 6.91. The quantitative estimate of drug-likeness (QED) is 0.643. The van der Waals surface area contributed by atoms with E-state index < -0.39 is 0 Å². The van der Waals surface area contributed by atoms with Gasteiger partial charge in [-0.2, -0.15) is 5.10 Å². The molecule has 2 heterocycles. The number of hydrogen-bond acceptors (Lipinski definition) is 3. The molecule has 15 heavy (non-hydrogen) atoms. The van der Waals surface area contributed by atoms with Gasteiger partial charge < -0.3 is 4.57 Å². The minimum Gasteiger partial charge on any atom is -0.329 e. The number of imidazole rings is 1. The molecule has 0 bridgehead atoms. The molecule has 5 heteroatoms. The molecule has 0 aromatic carbocycles. The zero-order chi connectivity index (χ0) is 11.2. The fourth-order valence-electron chi connectivity index (χ4n) is 1.55. The molecular formula is C10H14N4O. The zero-order valence-corrected chi connectivity index (χ0v) is 9.35. The molecule has 0 atom stereocenters. The van der Waals surface area contributed by atoms with Crippen molar-refractivity contribution in [2.24, 2.45) is 7.05 Å². The largest absolute Gasteiger partial charge is 0.329 e. The Labute approximate surface area is 87.4 Å². The maximum Gasteiger partial charge on any atom is 0.293 e. The smallest absolute Gasteiger partial charge is 0.293 e. The van der Waals surface area contributed by atoms with Crippen molar-refractivity contribution in [3.05, 3.63) is 22.9 Å². The van der Waals surface area contributed by atoms with E-state index in [4.69, 9.17) is 0 Å². The molecule has 0 amide bonds. The van der Waals surface area contributed by atoms with Crippen LogP contribution in [-0.2, 0) is 12.6 Å². The van der Waals surface area contributed by atoms with Crippen LogP contribution >= 0.6 is 0 Å². The molecule has 2 rings (SSSR count). The molecule has 0 aliphatic carbocycles. The lowest BCUT2D eigenvalue weighted by molar-refractivity contribution is 0.340. The summed E-state index contributed by atoms with van der Waals surface area (Å²) in [4.78, 5) is 16.2. The highest BCUT2D eigenvalue weighted by atomic mass is 16.1. The van der Waals surface area contributed by atoms with Crippen LogP contribution in [-0.4, -0.2) is 19.3 Å². The van der Waals surface area contributed by atoms with Crippen molar-refractivity contribution in [2.45, 2.75) is 26.3 Å². The lowest BCUT2D eigenvalue weighted by atomic mass is 10.1. The minimum atomic E-state index is -0.310. The summed E-state index contributed by atoms with van der Waals surface area (Å²) in [5, 5.41) is 4.12. The Balaban J connectivity index is 2.87. The van der Waals surface area contributed by atoms with Gasteiger partial charge in [0.05, 0.1) is 18.1 Å². The summed E-state index contributed by atoms with van der Waals surface area (Å²) in [6.45, 7) is 5.84. The van der Waals surface area contributed by atoms with Crippen molar-refractivity contribution in [3.63, 3.8) is 0 Å². The molecule has 0 fully saturated rings. The second kappa shape index (κ2) is 2.92. The highest BCUT2D eigenvalue weighted by molar-refractivity contribution is 5.72. The topological polar surface area (TPSA) is 52.7 Å². The average Bonchev–Trinajstić information content (AvgIpc) is 2.46. The van der Waals surface area contributed by atoms with Gasteiger partial charge in [0, 0.05) is 7.05 Å². The zero-order valence-electron chi connectivity index (χ0n) is 9.35.